The summed E-state index contributed by atoms with van der Waals surface area (Å²) in [6.07, 6.45) is 0. The first-order valence-corrected chi connectivity index (χ1v) is 8.72. The van der Waals surface area contributed by atoms with E-state index in [1.54, 1.807) is 13.2 Å². The largest absolute Gasteiger partial charge is 0.450 e. The van der Waals surface area contributed by atoms with Crippen LogP contribution in [0.3, 0.4) is 0 Å². The van der Waals surface area contributed by atoms with Crippen LogP contribution >= 0.6 is 0 Å². The lowest BCUT2D eigenvalue weighted by atomic mass is 10.1. The van der Waals surface area contributed by atoms with Crippen LogP contribution in [0.1, 0.15) is 27.6 Å². The zero-order valence-corrected chi connectivity index (χ0v) is 15.5. The number of carbonyl (C=O) groups excluding carboxylic acids is 1. The van der Waals surface area contributed by atoms with E-state index in [0.717, 1.165) is 16.5 Å². The Morgan fingerprint density at radius 3 is 2.64 bits per heavy atom. The van der Waals surface area contributed by atoms with Crippen LogP contribution in [-0.2, 0) is 22.7 Å². The summed E-state index contributed by atoms with van der Waals surface area (Å²) in [6.45, 7) is 2.08. The van der Waals surface area contributed by atoms with Crippen LogP contribution in [-0.4, -0.2) is 23.2 Å². The van der Waals surface area contributed by atoms with E-state index in [1.165, 1.54) is 0 Å². The summed E-state index contributed by atoms with van der Waals surface area (Å²) in [6, 6.07) is 15.1. The normalized spacial score (nSPS) is 11.1. The monoisotopic (exact) mass is 378 g/mol. The van der Waals surface area contributed by atoms with E-state index < -0.39 is 5.97 Å². The summed E-state index contributed by atoms with van der Waals surface area (Å²) < 4.78 is 21.4. The summed E-state index contributed by atoms with van der Waals surface area (Å²) in [4.78, 5) is 16.8. The molecule has 0 aliphatic rings. The molecule has 0 saturated heterocycles. The number of aromatic nitrogens is 2. The summed E-state index contributed by atoms with van der Waals surface area (Å²) in [7, 11) is 1.56. The Morgan fingerprint density at radius 2 is 1.86 bits per heavy atom. The van der Waals surface area contributed by atoms with Gasteiger partial charge in [-0.05, 0) is 13.0 Å². The number of benzene rings is 2. The van der Waals surface area contributed by atoms with Crippen molar-refractivity contribution >= 4 is 16.9 Å². The number of methoxy groups -OCH3 is 1. The second-order valence-corrected chi connectivity index (χ2v) is 6.29. The molecular weight excluding hydrogens is 360 g/mol. The zero-order chi connectivity index (χ0) is 19.5. The Morgan fingerprint density at radius 1 is 1.07 bits per heavy atom. The lowest BCUT2D eigenvalue weighted by Gasteiger charge is -2.02. The van der Waals surface area contributed by atoms with Gasteiger partial charge in [0, 0.05) is 23.6 Å². The number of furan rings is 1. The predicted molar refractivity (Wildman–Crippen MR) is 101 cm³/mol. The maximum Gasteiger partial charge on any atom is 0.375 e. The SMILES string of the molecule is COCc1c(C(=O)OCc2nc(-c3ccc(C)cc3)no2)oc2ccccc12. The summed E-state index contributed by atoms with van der Waals surface area (Å²) in [5.41, 5.74) is 3.21. The lowest BCUT2D eigenvalue weighted by Crippen LogP contribution is -2.07. The first-order chi connectivity index (χ1) is 13.7. The van der Waals surface area contributed by atoms with Gasteiger partial charge in [0.15, 0.2) is 6.61 Å². The van der Waals surface area contributed by atoms with Crippen molar-refractivity contribution in [2.24, 2.45) is 0 Å². The molecule has 0 radical (unpaired) electrons. The smallest absolute Gasteiger partial charge is 0.375 e. The summed E-state index contributed by atoms with van der Waals surface area (Å²) in [5.74, 6) is 0.142. The van der Waals surface area contributed by atoms with E-state index >= 15 is 0 Å². The van der Waals surface area contributed by atoms with Gasteiger partial charge in [0.2, 0.25) is 11.6 Å². The van der Waals surface area contributed by atoms with E-state index in [-0.39, 0.29) is 24.9 Å². The number of rotatable bonds is 6. The Balaban J connectivity index is 1.50. The van der Waals surface area contributed by atoms with Gasteiger partial charge in [-0.25, -0.2) is 4.79 Å². The molecule has 0 atom stereocenters. The first-order valence-electron chi connectivity index (χ1n) is 8.72. The van der Waals surface area contributed by atoms with Crippen molar-refractivity contribution in [3.63, 3.8) is 0 Å². The van der Waals surface area contributed by atoms with Gasteiger partial charge in [-0.3, -0.25) is 0 Å². The number of ether oxygens (including phenoxy) is 2. The molecule has 0 saturated carbocycles. The molecule has 0 N–H and O–H groups in total. The van der Waals surface area contributed by atoms with Crippen molar-refractivity contribution in [2.75, 3.05) is 7.11 Å². The first kappa shape index (κ1) is 17.9. The standard InChI is InChI=1S/C21H18N2O5/c1-13-7-9-14(10-8-13)20-22-18(28-23-20)12-26-21(24)19-16(11-25-2)15-5-3-4-6-17(15)27-19/h3-10H,11-12H2,1-2H3. The number of aryl methyl sites for hydroxylation is 1. The van der Waals surface area contributed by atoms with Gasteiger partial charge >= 0.3 is 5.97 Å². The minimum Gasteiger partial charge on any atom is -0.450 e. The van der Waals surface area contributed by atoms with Crippen LogP contribution in [0.5, 0.6) is 0 Å². The van der Waals surface area contributed by atoms with Gasteiger partial charge in [-0.1, -0.05) is 53.2 Å². The average Bonchev–Trinajstić information content (AvgIpc) is 3.32. The van der Waals surface area contributed by atoms with E-state index in [2.05, 4.69) is 10.1 Å². The molecule has 2 heterocycles. The van der Waals surface area contributed by atoms with E-state index in [1.807, 2.05) is 49.4 Å². The van der Waals surface area contributed by atoms with Crippen molar-refractivity contribution in [2.45, 2.75) is 20.1 Å². The molecule has 0 spiro atoms. The molecule has 0 amide bonds. The molecule has 7 nitrogen and oxygen atoms in total. The fraction of sp³-hybridized carbons (Fsp3) is 0.190. The van der Waals surface area contributed by atoms with Crippen LogP contribution < -0.4 is 0 Å². The molecule has 0 fully saturated rings. The van der Waals surface area contributed by atoms with Gasteiger partial charge in [0.05, 0.1) is 6.61 Å². The predicted octanol–water partition coefficient (Wildman–Crippen LogP) is 4.29. The molecule has 0 aliphatic heterocycles. The van der Waals surface area contributed by atoms with Crippen LogP contribution in [0, 0.1) is 6.92 Å². The zero-order valence-electron chi connectivity index (χ0n) is 15.5. The molecule has 2 aromatic carbocycles. The fourth-order valence-electron chi connectivity index (χ4n) is 2.88. The van der Waals surface area contributed by atoms with E-state index in [4.69, 9.17) is 18.4 Å². The second-order valence-electron chi connectivity index (χ2n) is 6.29. The highest BCUT2D eigenvalue weighted by molar-refractivity contribution is 5.96. The minimum absolute atomic E-state index is 0.112. The molecule has 4 rings (SSSR count). The van der Waals surface area contributed by atoms with Crippen LogP contribution in [0.4, 0.5) is 0 Å². The van der Waals surface area contributed by atoms with E-state index in [9.17, 15) is 4.79 Å². The van der Waals surface area contributed by atoms with Gasteiger partial charge in [0.25, 0.3) is 5.89 Å². The van der Waals surface area contributed by atoms with Gasteiger partial charge < -0.3 is 18.4 Å². The van der Waals surface area contributed by atoms with Crippen LogP contribution in [0.2, 0.25) is 0 Å². The molecule has 0 bridgehead atoms. The number of hydrogen-bond donors (Lipinski definition) is 0. The molecule has 4 aromatic rings. The van der Waals surface area contributed by atoms with Crippen molar-refractivity contribution in [3.05, 3.63) is 71.3 Å². The van der Waals surface area contributed by atoms with Crippen molar-refractivity contribution in [1.82, 2.24) is 10.1 Å². The number of fused-ring (bicyclic) bond motifs is 1. The highest BCUT2D eigenvalue weighted by Crippen LogP contribution is 2.27. The number of para-hydroxylation sites is 1. The summed E-state index contributed by atoms with van der Waals surface area (Å²) >= 11 is 0. The maximum atomic E-state index is 12.5. The van der Waals surface area contributed by atoms with Crippen molar-refractivity contribution in [1.29, 1.82) is 0 Å². The molecule has 2 aromatic heterocycles. The quantitative estimate of drug-likeness (QED) is 0.462. The van der Waals surface area contributed by atoms with Crippen molar-refractivity contribution < 1.29 is 23.2 Å². The Labute approximate surface area is 160 Å². The molecule has 0 aliphatic carbocycles. The molecule has 28 heavy (non-hydrogen) atoms. The van der Waals surface area contributed by atoms with Gasteiger partial charge in [0.1, 0.15) is 5.58 Å². The van der Waals surface area contributed by atoms with Gasteiger partial charge in [-0.2, -0.15) is 4.98 Å². The molecule has 142 valence electrons. The Bertz CT molecular complexity index is 1110. The lowest BCUT2D eigenvalue weighted by molar-refractivity contribution is 0.0390. The Kier molecular flexibility index (Phi) is 4.90. The summed E-state index contributed by atoms with van der Waals surface area (Å²) in [5, 5.41) is 4.74. The third-order valence-corrected chi connectivity index (χ3v) is 4.28. The highest BCUT2D eigenvalue weighted by Gasteiger charge is 2.22. The minimum atomic E-state index is -0.613. The topological polar surface area (TPSA) is 87.6 Å². The van der Waals surface area contributed by atoms with Crippen LogP contribution in [0.25, 0.3) is 22.4 Å². The molecule has 0 unspecified atom stereocenters. The van der Waals surface area contributed by atoms with Crippen molar-refractivity contribution in [3.8, 4) is 11.4 Å². The maximum absolute atomic E-state index is 12.5. The van der Waals surface area contributed by atoms with E-state index in [0.29, 0.717) is 17.0 Å². The Hall–Kier alpha value is -3.45. The fourth-order valence-corrected chi connectivity index (χ4v) is 2.88. The van der Waals surface area contributed by atoms with Crippen LogP contribution in [0.15, 0.2) is 57.5 Å². The molecule has 7 heteroatoms. The second kappa shape index (κ2) is 7.66. The average molecular weight is 378 g/mol. The molecular formula is C21H18N2O5. The highest BCUT2D eigenvalue weighted by atomic mass is 16.6. The number of carbonyl (C=O) groups is 1. The number of esters is 1. The number of hydrogen-bond acceptors (Lipinski definition) is 7. The number of nitrogens with zero attached hydrogens (tertiary/aromatic N) is 2. The third kappa shape index (κ3) is 3.52. The van der Waals surface area contributed by atoms with Gasteiger partial charge in [-0.15, -0.1) is 0 Å². The third-order valence-electron chi connectivity index (χ3n) is 4.28.